The standard InChI is InChI=1S/C7H10O6S2/c1-3-6-5-12-14(8,9)7(4-2)15(10,11)13-6/h3-4,6-7H,1-2,5H2. The summed E-state index contributed by atoms with van der Waals surface area (Å²) in [5, 5.41) is 0. The number of rotatable bonds is 2. The molecule has 2 unspecified atom stereocenters. The molecule has 2 atom stereocenters. The van der Waals surface area contributed by atoms with Crippen LogP contribution in [0.4, 0.5) is 0 Å². The van der Waals surface area contributed by atoms with E-state index in [2.05, 4.69) is 21.5 Å². The molecule has 1 rings (SSSR count). The van der Waals surface area contributed by atoms with Crippen LogP contribution in [0.3, 0.4) is 0 Å². The highest BCUT2D eigenvalue weighted by Crippen LogP contribution is 2.21. The van der Waals surface area contributed by atoms with Crippen LogP contribution in [0.15, 0.2) is 25.3 Å². The maximum atomic E-state index is 11.4. The van der Waals surface area contributed by atoms with Gasteiger partial charge in [0.25, 0.3) is 20.2 Å². The van der Waals surface area contributed by atoms with Gasteiger partial charge in [-0.3, -0.25) is 8.37 Å². The van der Waals surface area contributed by atoms with Crippen LogP contribution < -0.4 is 0 Å². The third kappa shape index (κ3) is 2.46. The molecule has 0 aromatic carbocycles. The molecule has 8 heteroatoms. The van der Waals surface area contributed by atoms with Crippen LogP contribution in [-0.2, 0) is 28.6 Å². The van der Waals surface area contributed by atoms with E-state index in [-0.39, 0.29) is 0 Å². The first-order valence-electron chi connectivity index (χ1n) is 3.89. The average Bonchev–Trinajstić information content (AvgIpc) is 2.19. The Labute approximate surface area is 88.4 Å². The fourth-order valence-corrected chi connectivity index (χ4v) is 3.95. The smallest absolute Gasteiger partial charge is 0.266 e. The summed E-state index contributed by atoms with van der Waals surface area (Å²) in [6, 6.07) is 0. The molecule has 1 aliphatic rings. The molecule has 0 aliphatic carbocycles. The second kappa shape index (κ2) is 4.05. The van der Waals surface area contributed by atoms with Gasteiger partial charge >= 0.3 is 0 Å². The van der Waals surface area contributed by atoms with Gasteiger partial charge in [-0.05, 0) is 0 Å². The fraction of sp³-hybridized carbons (Fsp3) is 0.429. The van der Waals surface area contributed by atoms with Gasteiger partial charge in [-0.15, -0.1) is 13.2 Å². The molecular weight excluding hydrogens is 244 g/mol. The molecule has 0 amide bonds. The van der Waals surface area contributed by atoms with Crippen LogP contribution in [0.25, 0.3) is 0 Å². The van der Waals surface area contributed by atoms with Gasteiger partial charge < -0.3 is 0 Å². The molecule has 1 saturated heterocycles. The van der Waals surface area contributed by atoms with Crippen LogP contribution in [0.5, 0.6) is 0 Å². The topological polar surface area (TPSA) is 86.7 Å². The Morgan fingerprint density at radius 2 is 1.67 bits per heavy atom. The third-order valence-corrected chi connectivity index (χ3v) is 5.60. The van der Waals surface area contributed by atoms with Crippen molar-refractivity contribution in [3.63, 3.8) is 0 Å². The van der Waals surface area contributed by atoms with E-state index in [4.69, 9.17) is 0 Å². The maximum Gasteiger partial charge on any atom is 0.291 e. The van der Waals surface area contributed by atoms with E-state index in [1.165, 1.54) is 0 Å². The van der Waals surface area contributed by atoms with E-state index in [0.29, 0.717) is 0 Å². The summed E-state index contributed by atoms with van der Waals surface area (Å²) in [6.07, 6.45) is 0.893. The fourth-order valence-electron chi connectivity index (χ4n) is 0.971. The van der Waals surface area contributed by atoms with E-state index in [1.54, 1.807) is 0 Å². The van der Waals surface area contributed by atoms with Crippen molar-refractivity contribution >= 4 is 20.2 Å². The summed E-state index contributed by atoms with van der Waals surface area (Å²) in [6.45, 7) is 6.02. The summed E-state index contributed by atoms with van der Waals surface area (Å²) in [5.74, 6) is 0. The Bertz CT molecular complexity index is 460. The molecule has 0 radical (unpaired) electrons. The van der Waals surface area contributed by atoms with E-state index >= 15 is 0 Å². The van der Waals surface area contributed by atoms with E-state index < -0.39 is 37.5 Å². The van der Waals surface area contributed by atoms with Crippen molar-refractivity contribution < 1.29 is 25.2 Å². The lowest BCUT2D eigenvalue weighted by molar-refractivity contribution is 0.183. The summed E-state index contributed by atoms with van der Waals surface area (Å²) >= 11 is 0. The van der Waals surface area contributed by atoms with E-state index in [1.807, 2.05) is 0 Å². The van der Waals surface area contributed by atoms with Gasteiger partial charge in [0.15, 0.2) is 0 Å². The molecule has 15 heavy (non-hydrogen) atoms. The van der Waals surface area contributed by atoms with Gasteiger partial charge in [0.05, 0.1) is 6.61 Å². The van der Waals surface area contributed by atoms with Crippen molar-refractivity contribution in [3.8, 4) is 0 Å². The Morgan fingerprint density at radius 1 is 1.07 bits per heavy atom. The first-order valence-corrected chi connectivity index (χ1v) is 6.83. The Morgan fingerprint density at radius 3 is 2.13 bits per heavy atom. The van der Waals surface area contributed by atoms with Crippen LogP contribution in [0.2, 0.25) is 0 Å². The van der Waals surface area contributed by atoms with Gasteiger partial charge in [0.2, 0.25) is 4.58 Å². The van der Waals surface area contributed by atoms with Crippen LogP contribution >= 0.6 is 0 Å². The van der Waals surface area contributed by atoms with Gasteiger partial charge in [0.1, 0.15) is 6.10 Å². The highest BCUT2D eigenvalue weighted by molar-refractivity contribution is 8.05. The molecule has 0 N–H and O–H groups in total. The molecule has 86 valence electrons. The van der Waals surface area contributed by atoms with Crippen molar-refractivity contribution in [2.75, 3.05) is 6.61 Å². The first-order chi connectivity index (χ1) is 6.83. The van der Waals surface area contributed by atoms with E-state index in [9.17, 15) is 16.8 Å². The first kappa shape index (κ1) is 12.4. The Hall–Kier alpha value is -0.700. The lowest BCUT2D eigenvalue weighted by Gasteiger charge is -2.09. The van der Waals surface area contributed by atoms with Gasteiger partial charge in [-0.1, -0.05) is 12.2 Å². The highest BCUT2D eigenvalue weighted by Gasteiger charge is 2.41. The highest BCUT2D eigenvalue weighted by atomic mass is 32.3. The van der Waals surface area contributed by atoms with Crippen molar-refractivity contribution in [1.82, 2.24) is 0 Å². The van der Waals surface area contributed by atoms with Crippen molar-refractivity contribution in [2.45, 2.75) is 10.7 Å². The molecule has 6 nitrogen and oxygen atoms in total. The number of hydrogen-bond acceptors (Lipinski definition) is 6. The molecular formula is C7H10O6S2. The van der Waals surface area contributed by atoms with Crippen molar-refractivity contribution in [3.05, 3.63) is 25.3 Å². The normalized spacial score (nSPS) is 33.9. The van der Waals surface area contributed by atoms with Crippen molar-refractivity contribution in [1.29, 1.82) is 0 Å². The van der Waals surface area contributed by atoms with Crippen molar-refractivity contribution in [2.24, 2.45) is 0 Å². The maximum absolute atomic E-state index is 11.4. The second-order valence-corrected chi connectivity index (χ2v) is 6.46. The summed E-state index contributed by atoms with van der Waals surface area (Å²) < 4.78 is 52.6. The second-order valence-electron chi connectivity index (χ2n) is 2.74. The summed E-state index contributed by atoms with van der Waals surface area (Å²) in [5.41, 5.74) is 0. The SMILES string of the molecule is C=CC1COS(=O)(=O)C(C=C)S(=O)(=O)O1. The minimum Gasteiger partial charge on any atom is -0.266 e. The largest absolute Gasteiger partial charge is 0.291 e. The molecule has 1 heterocycles. The molecule has 0 saturated carbocycles. The third-order valence-electron chi connectivity index (χ3n) is 1.68. The Balaban J connectivity index is 3.26. The number of hydrogen-bond donors (Lipinski definition) is 0. The average molecular weight is 254 g/mol. The van der Waals surface area contributed by atoms with Crippen LogP contribution in [0.1, 0.15) is 0 Å². The molecule has 1 fully saturated rings. The van der Waals surface area contributed by atoms with E-state index in [0.717, 1.165) is 12.2 Å². The summed E-state index contributed by atoms with van der Waals surface area (Å²) in [7, 11) is -8.52. The predicted molar refractivity (Wildman–Crippen MR) is 52.8 cm³/mol. The molecule has 0 spiro atoms. The Kier molecular flexibility index (Phi) is 3.34. The predicted octanol–water partition coefficient (Wildman–Crippen LogP) is -0.240. The van der Waals surface area contributed by atoms with Gasteiger partial charge in [-0.25, -0.2) is 0 Å². The zero-order chi connectivity index (χ0) is 11.7. The lowest BCUT2D eigenvalue weighted by atomic mass is 10.4. The quantitative estimate of drug-likeness (QED) is 0.499. The van der Waals surface area contributed by atoms with Crippen LogP contribution in [-0.4, -0.2) is 34.1 Å². The monoisotopic (exact) mass is 254 g/mol. The zero-order valence-electron chi connectivity index (χ0n) is 7.70. The van der Waals surface area contributed by atoms with Gasteiger partial charge in [-0.2, -0.15) is 16.8 Å². The minimum atomic E-state index is -4.28. The molecule has 1 aliphatic heterocycles. The van der Waals surface area contributed by atoms with Crippen LogP contribution in [0, 0.1) is 0 Å². The molecule has 0 aromatic rings. The van der Waals surface area contributed by atoms with Gasteiger partial charge in [0, 0.05) is 0 Å². The zero-order valence-corrected chi connectivity index (χ0v) is 9.33. The molecule has 0 aromatic heterocycles. The minimum absolute atomic E-state index is 0.407. The lowest BCUT2D eigenvalue weighted by Crippen LogP contribution is -2.28. The molecule has 0 bridgehead atoms. The summed E-state index contributed by atoms with van der Waals surface area (Å²) in [4.78, 5) is 0.